The van der Waals surface area contributed by atoms with Gasteiger partial charge < -0.3 is 4.57 Å². The molecule has 8 nitrogen and oxygen atoms in total. The molecule has 0 saturated heterocycles. The molecular formula is C10H12N6O2S. The zero-order chi connectivity index (χ0) is 13.4. The van der Waals surface area contributed by atoms with Crippen LogP contribution in [-0.2, 0) is 12.9 Å². The Morgan fingerprint density at radius 2 is 2.32 bits per heavy atom. The summed E-state index contributed by atoms with van der Waals surface area (Å²) in [6.07, 6.45) is 5.02. The third-order valence-corrected chi connectivity index (χ3v) is 3.97. The van der Waals surface area contributed by atoms with Crippen molar-refractivity contribution in [2.24, 2.45) is 7.05 Å². The molecule has 0 aromatic carbocycles. The van der Waals surface area contributed by atoms with E-state index in [4.69, 9.17) is 0 Å². The monoisotopic (exact) mass is 280 g/mol. The fourth-order valence-corrected chi connectivity index (χ4v) is 2.56. The summed E-state index contributed by atoms with van der Waals surface area (Å²) in [6.45, 7) is 0. The van der Waals surface area contributed by atoms with Crippen LogP contribution in [0.5, 0.6) is 0 Å². The topological polar surface area (TPSA) is 91.7 Å². The number of nitrogens with zero attached hydrogens (tertiary/aromatic N) is 6. The summed E-state index contributed by atoms with van der Waals surface area (Å²) in [7, 11) is 1.95. The lowest BCUT2D eigenvalue weighted by molar-refractivity contribution is -0.385. The van der Waals surface area contributed by atoms with Crippen LogP contribution < -0.4 is 0 Å². The molecule has 0 aliphatic heterocycles. The van der Waals surface area contributed by atoms with E-state index in [1.807, 2.05) is 11.6 Å². The van der Waals surface area contributed by atoms with Gasteiger partial charge in [0, 0.05) is 13.0 Å². The van der Waals surface area contributed by atoms with E-state index in [1.54, 1.807) is 0 Å². The van der Waals surface area contributed by atoms with Gasteiger partial charge in [0.1, 0.15) is 18.2 Å². The third kappa shape index (κ3) is 2.46. The Morgan fingerprint density at radius 1 is 1.53 bits per heavy atom. The lowest BCUT2D eigenvalue weighted by Crippen LogP contribution is -1.99. The summed E-state index contributed by atoms with van der Waals surface area (Å²) in [4.78, 5) is 10.1. The van der Waals surface area contributed by atoms with Crippen molar-refractivity contribution in [2.45, 2.75) is 29.8 Å². The summed E-state index contributed by atoms with van der Waals surface area (Å²) in [6, 6.07) is 0. The van der Waals surface area contributed by atoms with Crippen LogP contribution in [0.1, 0.15) is 24.6 Å². The van der Waals surface area contributed by atoms with Crippen molar-refractivity contribution in [2.75, 3.05) is 0 Å². The molecule has 1 fully saturated rings. The first-order valence-electron chi connectivity index (χ1n) is 5.84. The van der Waals surface area contributed by atoms with Crippen LogP contribution in [-0.4, -0.2) is 29.5 Å². The molecule has 19 heavy (non-hydrogen) atoms. The van der Waals surface area contributed by atoms with Gasteiger partial charge in [-0.2, -0.15) is 5.10 Å². The molecule has 9 heteroatoms. The molecule has 1 aliphatic carbocycles. The van der Waals surface area contributed by atoms with Crippen molar-refractivity contribution in [1.29, 1.82) is 0 Å². The summed E-state index contributed by atoms with van der Waals surface area (Å²) in [5.41, 5.74) is -0.00256. The van der Waals surface area contributed by atoms with Crippen LogP contribution >= 0.6 is 11.8 Å². The van der Waals surface area contributed by atoms with Gasteiger partial charge in [-0.3, -0.25) is 14.8 Å². The number of aromatic nitrogens is 5. The van der Waals surface area contributed by atoms with Gasteiger partial charge in [0.25, 0.3) is 0 Å². The predicted molar refractivity (Wildman–Crippen MR) is 67.7 cm³/mol. The van der Waals surface area contributed by atoms with E-state index in [2.05, 4.69) is 15.3 Å². The Labute approximate surface area is 113 Å². The molecule has 0 bridgehead atoms. The van der Waals surface area contributed by atoms with Crippen molar-refractivity contribution in [3.05, 3.63) is 28.3 Å². The molecule has 3 rings (SSSR count). The molecule has 0 unspecified atom stereocenters. The minimum atomic E-state index is -0.457. The van der Waals surface area contributed by atoms with E-state index in [9.17, 15) is 10.1 Å². The van der Waals surface area contributed by atoms with Crippen molar-refractivity contribution in [3.63, 3.8) is 0 Å². The number of nitro groups is 1. The molecule has 0 amide bonds. The molecule has 2 aromatic heterocycles. The van der Waals surface area contributed by atoms with Gasteiger partial charge in [0.05, 0.1) is 10.8 Å². The fourth-order valence-electron chi connectivity index (χ4n) is 1.79. The normalized spacial score (nSPS) is 14.8. The second-order valence-corrected chi connectivity index (χ2v) is 5.35. The molecule has 0 atom stereocenters. The average molecular weight is 280 g/mol. The van der Waals surface area contributed by atoms with Crippen molar-refractivity contribution < 1.29 is 4.92 Å². The van der Waals surface area contributed by atoms with Crippen LogP contribution in [0.2, 0.25) is 0 Å². The molecule has 1 saturated carbocycles. The molecule has 0 radical (unpaired) electrons. The first-order chi connectivity index (χ1) is 9.15. The van der Waals surface area contributed by atoms with Crippen LogP contribution in [0, 0.1) is 10.1 Å². The van der Waals surface area contributed by atoms with E-state index in [0.717, 1.165) is 11.0 Å². The SMILES string of the molecule is Cn1c(SCn2cc([N+](=O)[O-])cn2)nnc1C1CC1. The summed E-state index contributed by atoms with van der Waals surface area (Å²) in [5.74, 6) is 2.05. The quantitative estimate of drug-likeness (QED) is 0.468. The zero-order valence-corrected chi connectivity index (χ0v) is 11.1. The van der Waals surface area contributed by atoms with Crippen molar-refractivity contribution in [1.82, 2.24) is 24.5 Å². The lowest BCUT2D eigenvalue weighted by Gasteiger charge is -2.02. The van der Waals surface area contributed by atoms with Crippen LogP contribution in [0.4, 0.5) is 5.69 Å². The molecule has 0 N–H and O–H groups in total. The standard InChI is InChI=1S/C10H12N6O2S/c1-14-9(7-2-3-7)12-13-10(14)19-6-15-5-8(4-11-15)16(17)18/h4-5,7H,2-3,6H2,1H3. The van der Waals surface area contributed by atoms with Gasteiger partial charge in [-0.25, -0.2) is 0 Å². The highest BCUT2D eigenvalue weighted by atomic mass is 32.2. The molecule has 2 heterocycles. The molecule has 0 spiro atoms. The van der Waals surface area contributed by atoms with E-state index < -0.39 is 4.92 Å². The minimum Gasteiger partial charge on any atom is -0.309 e. The third-order valence-electron chi connectivity index (χ3n) is 2.97. The van der Waals surface area contributed by atoms with Crippen LogP contribution in [0.25, 0.3) is 0 Å². The highest BCUT2D eigenvalue weighted by molar-refractivity contribution is 7.98. The van der Waals surface area contributed by atoms with E-state index in [0.29, 0.717) is 11.8 Å². The van der Waals surface area contributed by atoms with Crippen LogP contribution in [0.3, 0.4) is 0 Å². The van der Waals surface area contributed by atoms with Gasteiger partial charge in [-0.05, 0) is 12.8 Å². The Kier molecular flexibility index (Phi) is 2.97. The van der Waals surface area contributed by atoms with Gasteiger partial charge in [0.2, 0.25) is 0 Å². The summed E-state index contributed by atoms with van der Waals surface area (Å²) < 4.78 is 3.51. The van der Waals surface area contributed by atoms with Gasteiger partial charge >= 0.3 is 5.69 Å². The fraction of sp³-hybridized carbons (Fsp3) is 0.500. The Morgan fingerprint density at radius 3 is 2.95 bits per heavy atom. The second-order valence-electron chi connectivity index (χ2n) is 4.44. The summed E-state index contributed by atoms with van der Waals surface area (Å²) in [5, 5.41) is 23.6. The van der Waals surface area contributed by atoms with E-state index in [-0.39, 0.29) is 5.69 Å². The highest BCUT2D eigenvalue weighted by Gasteiger charge is 2.29. The second kappa shape index (κ2) is 4.65. The average Bonchev–Trinajstić information content (AvgIpc) is 2.99. The molecule has 100 valence electrons. The number of rotatable bonds is 5. The molecule has 1 aliphatic rings. The number of hydrogen-bond donors (Lipinski definition) is 0. The largest absolute Gasteiger partial charge is 0.309 e. The van der Waals surface area contributed by atoms with E-state index >= 15 is 0 Å². The Bertz CT molecular complexity index is 617. The maximum Gasteiger partial charge on any atom is 0.307 e. The van der Waals surface area contributed by atoms with Gasteiger partial charge in [0.15, 0.2) is 5.16 Å². The Balaban J connectivity index is 1.66. The smallest absolute Gasteiger partial charge is 0.307 e. The minimum absolute atomic E-state index is 0.00256. The van der Waals surface area contributed by atoms with Crippen LogP contribution in [0.15, 0.2) is 17.6 Å². The predicted octanol–water partition coefficient (Wildman–Crippen LogP) is 1.55. The van der Waals surface area contributed by atoms with E-state index in [1.165, 1.54) is 41.7 Å². The molecule has 2 aromatic rings. The van der Waals surface area contributed by atoms with Gasteiger partial charge in [-0.15, -0.1) is 10.2 Å². The maximum absolute atomic E-state index is 10.5. The lowest BCUT2D eigenvalue weighted by atomic mass is 10.4. The zero-order valence-electron chi connectivity index (χ0n) is 10.3. The van der Waals surface area contributed by atoms with Crippen molar-refractivity contribution >= 4 is 17.4 Å². The van der Waals surface area contributed by atoms with Crippen molar-refractivity contribution in [3.8, 4) is 0 Å². The highest BCUT2D eigenvalue weighted by Crippen LogP contribution is 2.39. The summed E-state index contributed by atoms with van der Waals surface area (Å²) >= 11 is 1.46. The first kappa shape index (κ1) is 12.2. The Hall–Kier alpha value is -1.90. The molecular weight excluding hydrogens is 268 g/mol. The van der Waals surface area contributed by atoms with Gasteiger partial charge in [-0.1, -0.05) is 11.8 Å². The number of hydrogen-bond acceptors (Lipinski definition) is 6. The maximum atomic E-state index is 10.5. The first-order valence-corrected chi connectivity index (χ1v) is 6.82. The number of thioether (sulfide) groups is 1.